The molecule has 0 saturated carbocycles. The van der Waals surface area contributed by atoms with Crippen LogP contribution in [0.3, 0.4) is 0 Å². The number of aliphatic hydroxyl groups excluding tert-OH is 1. The second-order valence-corrected chi connectivity index (χ2v) is 8.61. The van der Waals surface area contributed by atoms with Crippen LogP contribution in [0.5, 0.6) is 0 Å². The molecule has 0 radical (unpaired) electrons. The first-order valence-corrected chi connectivity index (χ1v) is 10.7. The van der Waals surface area contributed by atoms with E-state index in [-0.39, 0.29) is 68.0 Å². The molecule has 0 bridgehead atoms. The number of amides is 1. The average molecular weight is 487 g/mol. The van der Waals surface area contributed by atoms with Gasteiger partial charge in [-0.3, -0.25) is 4.79 Å². The van der Waals surface area contributed by atoms with E-state index in [0.717, 1.165) is 23.1 Å². The Labute approximate surface area is 191 Å². The minimum atomic E-state index is -4.68. The fourth-order valence-electron chi connectivity index (χ4n) is 4.52. The number of fused-ring (bicyclic) bond motifs is 3. The van der Waals surface area contributed by atoms with Crippen LogP contribution in [0.15, 0.2) is 22.6 Å². The Bertz CT molecular complexity index is 1120. The van der Waals surface area contributed by atoms with Crippen molar-refractivity contribution in [3.05, 3.63) is 29.5 Å². The number of benzene rings is 1. The molecule has 1 aromatic carbocycles. The van der Waals surface area contributed by atoms with Crippen molar-refractivity contribution in [3.63, 3.8) is 0 Å². The molecule has 1 amide bonds. The third kappa shape index (κ3) is 4.42. The highest BCUT2D eigenvalue weighted by atomic mass is 19.4. The molecule has 3 heterocycles. The number of ether oxygens (including phenoxy) is 1. The lowest BCUT2D eigenvalue weighted by atomic mass is 9.75. The summed E-state index contributed by atoms with van der Waals surface area (Å²) < 4.78 is 81.5. The van der Waals surface area contributed by atoms with E-state index in [4.69, 9.17) is 9.15 Å². The minimum Gasteiger partial charge on any atom is -0.449 e. The van der Waals surface area contributed by atoms with E-state index in [0.29, 0.717) is 0 Å². The van der Waals surface area contributed by atoms with Crippen molar-refractivity contribution in [1.82, 2.24) is 5.32 Å². The minimum absolute atomic E-state index is 0.0261. The maximum Gasteiger partial charge on any atom is 0.416 e. The van der Waals surface area contributed by atoms with Gasteiger partial charge in [-0.15, -0.1) is 0 Å². The van der Waals surface area contributed by atoms with Gasteiger partial charge in [0.2, 0.25) is 5.76 Å². The van der Waals surface area contributed by atoms with Crippen molar-refractivity contribution < 1.29 is 41.0 Å². The maximum absolute atomic E-state index is 15.5. The number of rotatable bonds is 5. The number of carbonyl (C=O) groups is 1. The number of aliphatic hydroxyl groups is 1. The van der Waals surface area contributed by atoms with Gasteiger partial charge in [-0.05, 0) is 37.5 Å². The molecule has 2 aromatic rings. The van der Waals surface area contributed by atoms with Crippen LogP contribution in [0.1, 0.15) is 35.4 Å². The number of halogens is 5. The van der Waals surface area contributed by atoms with Gasteiger partial charge in [-0.25, -0.2) is 8.78 Å². The zero-order valence-electron chi connectivity index (χ0n) is 17.9. The van der Waals surface area contributed by atoms with Crippen molar-refractivity contribution in [2.24, 2.45) is 5.41 Å². The van der Waals surface area contributed by atoms with E-state index in [1.54, 1.807) is 0 Å². The van der Waals surface area contributed by atoms with E-state index in [2.05, 4.69) is 5.32 Å². The number of carbonyl (C=O) groups excluding carboxylic acids is 1. The van der Waals surface area contributed by atoms with Gasteiger partial charge in [-0.1, -0.05) is 0 Å². The summed E-state index contributed by atoms with van der Waals surface area (Å²) in [5, 5.41) is 21.2. The summed E-state index contributed by atoms with van der Waals surface area (Å²) in [6, 6.07) is 4.66. The van der Waals surface area contributed by atoms with Crippen LogP contribution in [0, 0.1) is 16.7 Å². The average Bonchev–Trinajstić information content (AvgIpc) is 3.10. The van der Waals surface area contributed by atoms with Crippen molar-refractivity contribution in [2.45, 2.75) is 37.5 Å². The van der Waals surface area contributed by atoms with Crippen LogP contribution in [-0.4, -0.2) is 55.9 Å². The number of furan rings is 1. The fourth-order valence-corrected chi connectivity index (χ4v) is 4.52. The molecular weight excluding hydrogens is 465 g/mol. The summed E-state index contributed by atoms with van der Waals surface area (Å²) in [4.78, 5) is 13.6. The molecule has 7 nitrogen and oxygen atoms in total. The molecule has 34 heavy (non-hydrogen) atoms. The Morgan fingerprint density at radius 2 is 2.06 bits per heavy atom. The van der Waals surface area contributed by atoms with Crippen molar-refractivity contribution in [2.75, 3.05) is 37.7 Å². The number of hydrogen-bond donors (Lipinski definition) is 2. The van der Waals surface area contributed by atoms with Crippen LogP contribution < -0.4 is 10.2 Å². The topological polar surface area (TPSA) is 98.7 Å². The predicted octanol–water partition coefficient (Wildman–Crippen LogP) is 3.71. The molecule has 184 valence electrons. The summed E-state index contributed by atoms with van der Waals surface area (Å²) in [7, 11) is 0. The zero-order chi connectivity index (χ0) is 24.7. The Morgan fingerprint density at radius 3 is 2.74 bits per heavy atom. The Morgan fingerprint density at radius 1 is 1.29 bits per heavy atom. The van der Waals surface area contributed by atoms with Crippen molar-refractivity contribution >= 4 is 22.6 Å². The molecule has 2 unspecified atom stereocenters. The molecule has 2 aliphatic rings. The van der Waals surface area contributed by atoms with Gasteiger partial charge in [0.15, 0.2) is 0 Å². The predicted molar refractivity (Wildman–Crippen MR) is 109 cm³/mol. The van der Waals surface area contributed by atoms with Crippen LogP contribution in [0.25, 0.3) is 11.0 Å². The van der Waals surface area contributed by atoms with Gasteiger partial charge in [0, 0.05) is 31.7 Å². The fraction of sp³-hybridized carbons (Fsp3) is 0.545. The first-order chi connectivity index (χ1) is 16.0. The third-order valence-electron chi connectivity index (χ3n) is 6.35. The smallest absolute Gasteiger partial charge is 0.416 e. The number of anilines is 1. The van der Waals surface area contributed by atoms with Crippen molar-refractivity contribution in [3.8, 4) is 6.07 Å². The summed E-state index contributed by atoms with van der Waals surface area (Å²) in [6.45, 7) is -1.53. The number of alkyl halides is 5. The summed E-state index contributed by atoms with van der Waals surface area (Å²) in [5.41, 5.74) is -2.34. The first-order valence-electron chi connectivity index (χ1n) is 10.7. The number of hydrogen-bond acceptors (Lipinski definition) is 6. The van der Waals surface area contributed by atoms with E-state index >= 15 is 8.78 Å². The zero-order valence-corrected chi connectivity index (χ0v) is 17.9. The second kappa shape index (κ2) is 8.70. The highest BCUT2D eigenvalue weighted by Crippen LogP contribution is 2.43. The highest BCUT2D eigenvalue weighted by Gasteiger charge is 2.50. The maximum atomic E-state index is 15.5. The molecule has 12 heteroatoms. The molecule has 1 fully saturated rings. The number of nitrogens with zero attached hydrogens (tertiary/aromatic N) is 2. The molecule has 1 saturated heterocycles. The standard InChI is InChI=1S/C22H22F5N3O4/c23-21(24,16-10-20(11-28,3-7-31)4-8-33-16)12-30-6-5-29-19(32)18-17(30)14-9-13(22(25,26)27)1-2-15(14)34-18/h1-2,9,16,31H,3-8,10,12H2,(H,29,32). The van der Waals surface area contributed by atoms with Crippen LogP contribution in [0.4, 0.5) is 27.6 Å². The summed E-state index contributed by atoms with van der Waals surface area (Å²) >= 11 is 0. The van der Waals surface area contributed by atoms with Gasteiger partial charge >= 0.3 is 6.18 Å². The van der Waals surface area contributed by atoms with E-state index in [1.165, 1.54) is 0 Å². The first kappa shape index (κ1) is 24.2. The quantitative estimate of drug-likeness (QED) is 0.624. The van der Waals surface area contributed by atoms with Crippen LogP contribution >= 0.6 is 0 Å². The second-order valence-electron chi connectivity index (χ2n) is 8.61. The molecular formula is C22H22F5N3O4. The molecule has 2 N–H and O–H groups in total. The SMILES string of the molecule is N#CC1(CCO)CCOC(C(F)(F)CN2CCNC(=O)c3oc4ccc(C(F)(F)F)cc4c32)C1. The van der Waals surface area contributed by atoms with E-state index in [1.807, 2.05) is 6.07 Å². The lowest BCUT2D eigenvalue weighted by Gasteiger charge is -2.40. The molecule has 1 aromatic heterocycles. The Balaban J connectivity index is 1.71. The lowest BCUT2D eigenvalue weighted by molar-refractivity contribution is -0.166. The van der Waals surface area contributed by atoms with Gasteiger partial charge in [0.1, 0.15) is 11.7 Å². The lowest BCUT2D eigenvalue weighted by Crippen LogP contribution is -2.51. The molecule has 2 atom stereocenters. The number of nitriles is 1. The van der Waals surface area contributed by atoms with Gasteiger partial charge in [-0.2, -0.15) is 18.4 Å². The molecule has 4 rings (SSSR count). The van der Waals surface area contributed by atoms with E-state index in [9.17, 15) is 28.3 Å². The van der Waals surface area contributed by atoms with Crippen molar-refractivity contribution in [1.29, 1.82) is 5.26 Å². The van der Waals surface area contributed by atoms with E-state index < -0.39 is 41.6 Å². The normalized spacial score (nSPS) is 23.9. The summed E-state index contributed by atoms with van der Waals surface area (Å²) in [6.07, 6.45) is -6.40. The van der Waals surface area contributed by atoms with Crippen LogP contribution in [0.2, 0.25) is 0 Å². The van der Waals surface area contributed by atoms with Gasteiger partial charge in [0.05, 0.1) is 29.3 Å². The Kier molecular flexibility index (Phi) is 6.20. The third-order valence-corrected chi connectivity index (χ3v) is 6.35. The molecule has 0 spiro atoms. The largest absolute Gasteiger partial charge is 0.449 e. The molecule has 2 aliphatic heterocycles. The van der Waals surface area contributed by atoms with Gasteiger partial charge < -0.3 is 24.5 Å². The Hall–Kier alpha value is -2.91. The molecule has 0 aliphatic carbocycles. The van der Waals surface area contributed by atoms with Gasteiger partial charge in [0.25, 0.3) is 11.8 Å². The van der Waals surface area contributed by atoms with Crippen LogP contribution in [-0.2, 0) is 10.9 Å². The number of nitrogens with one attached hydrogen (secondary N) is 1. The monoisotopic (exact) mass is 487 g/mol. The summed E-state index contributed by atoms with van der Waals surface area (Å²) in [5.74, 6) is -4.59. The highest BCUT2D eigenvalue weighted by molar-refractivity contribution is 6.07.